The van der Waals surface area contributed by atoms with E-state index in [-0.39, 0.29) is 48.6 Å². The summed E-state index contributed by atoms with van der Waals surface area (Å²) in [5.41, 5.74) is 6.77. The zero-order chi connectivity index (χ0) is 32.6. The maximum absolute atomic E-state index is 15.1. The molecule has 1 aromatic carbocycles. The third kappa shape index (κ3) is 4.48. The van der Waals surface area contributed by atoms with Gasteiger partial charge in [-0.05, 0) is 11.8 Å². The van der Waals surface area contributed by atoms with Crippen LogP contribution in [0.5, 0.6) is 5.75 Å². The SMILES string of the molecule is CC1(C)CCOc2c(C(=O)NC3CN4C(N)=NC(CNC(=O)c5cc(=O)[nH]c(=O)[nH]5)[C@@H]5N=C(N)NC54C3(O)O)c(F)cc(F)c21. The van der Waals surface area contributed by atoms with Gasteiger partial charge in [-0.1, -0.05) is 13.8 Å². The van der Waals surface area contributed by atoms with Gasteiger partial charge in [0.1, 0.15) is 40.7 Å². The van der Waals surface area contributed by atoms with Crippen molar-refractivity contribution >= 4 is 23.7 Å². The third-order valence-corrected chi connectivity index (χ3v) is 8.65. The zero-order valence-corrected chi connectivity index (χ0v) is 23.9. The van der Waals surface area contributed by atoms with Crippen LogP contribution in [-0.2, 0) is 5.41 Å². The summed E-state index contributed by atoms with van der Waals surface area (Å²) in [6.45, 7) is 2.87. The molecule has 1 spiro atoms. The molecule has 0 saturated carbocycles. The topological polar surface area (TPSA) is 266 Å². The van der Waals surface area contributed by atoms with E-state index in [0.717, 1.165) is 6.07 Å². The number of guanidine groups is 2. The number of hydrogen-bond donors (Lipinski definition) is 9. The van der Waals surface area contributed by atoms with Gasteiger partial charge in [0, 0.05) is 30.8 Å². The lowest BCUT2D eigenvalue weighted by molar-refractivity contribution is -0.230. The van der Waals surface area contributed by atoms with Gasteiger partial charge in [0.05, 0.1) is 12.6 Å². The van der Waals surface area contributed by atoms with Crippen LogP contribution in [-0.4, -0.2) is 98.1 Å². The van der Waals surface area contributed by atoms with E-state index in [0.29, 0.717) is 12.5 Å². The van der Waals surface area contributed by atoms with Crippen molar-refractivity contribution in [3.05, 3.63) is 61.4 Å². The minimum Gasteiger partial charge on any atom is -0.492 e. The Labute approximate surface area is 251 Å². The van der Waals surface area contributed by atoms with E-state index >= 15 is 4.39 Å². The molecule has 1 saturated heterocycles. The van der Waals surface area contributed by atoms with E-state index in [1.807, 2.05) is 4.98 Å². The Morgan fingerprint density at radius 3 is 2.58 bits per heavy atom. The average Bonchev–Trinajstić information content (AvgIpc) is 3.39. The average molecular weight is 633 g/mol. The molecule has 2 aromatic rings. The van der Waals surface area contributed by atoms with E-state index in [4.69, 9.17) is 16.2 Å². The molecule has 2 amide bonds. The number of hydrogen-bond acceptors (Lipinski definition) is 13. The predicted octanol–water partition coefficient (Wildman–Crippen LogP) is -3.39. The second-order valence-corrected chi connectivity index (χ2v) is 11.9. The van der Waals surface area contributed by atoms with Gasteiger partial charge in [-0.2, -0.15) is 0 Å². The van der Waals surface area contributed by atoms with Crippen LogP contribution in [0.2, 0.25) is 0 Å². The van der Waals surface area contributed by atoms with Gasteiger partial charge in [0.2, 0.25) is 5.79 Å². The van der Waals surface area contributed by atoms with Crippen molar-refractivity contribution < 1.29 is 33.3 Å². The minimum atomic E-state index is -2.91. The summed E-state index contributed by atoms with van der Waals surface area (Å²) >= 11 is 0. The number of carbonyl (C=O) groups is 2. The molecule has 45 heavy (non-hydrogen) atoms. The molecule has 4 atom stereocenters. The first kappa shape index (κ1) is 30.0. The third-order valence-electron chi connectivity index (χ3n) is 8.65. The second kappa shape index (κ2) is 9.99. The number of aliphatic imine (C=N–C) groups is 2. The maximum Gasteiger partial charge on any atom is 0.326 e. The van der Waals surface area contributed by atoms with Gasteiger partial charge in [0.25, 0.3) is 17.4 Å². The number of aliphatic hydroxyl groups is 2. The monoisotopic (exact) mass is 632 g/mol. The van der Waals surface area contributed by atoms with Crippen molar-refractivity contribution in [1.82, 2.24) is 30.8 Å². The van der Waals surface area contributed by atoms with E-state index in [2.05, 4.69) is 30.9 Å². The molecule has 4 aliphatic rings. The smallest absolute Gasteiger partial charge is 0.326 e. The molecule has 0 aliphatic carbocycles. The summed E-state index contributed by atoms with van der Waals surface area (Å²) in [5.74, 6) is -7.71. The molecule has 11 N–H and O–H groups in total. The number of benzene rings is 1. The van der Waals surface area contributed by atoms with Crippen molar-refractivity contribution in [3.63, 3.8) is 0 Å². The first-order valence-corrected chi connectivity index (χ1v) is 13.8. The van der Waals surface area contributed by atoms with Crippen LogP contribution in [0.15, 0.2) is 31.7 Å². The lowest BCUT2D eigenvalue weighted by Gasteiger charge is -2.49. The molecule has 19 heteroatoms. The largest absolute Gasteiger partial charge is 0.492 e. The summed E-state index contributed by atoms with van der Waals surface area (Å²) in [4.78, 5) is 63.3. The first-order valence-electron chi connectivity index (χ1n) is 13.8. The quantitative estimate of drug-likeness (QED) is 0.147. The molecule has 1 aromatic heterocycles. The molecular formula is C26H30F2N10O7. The molecule has 6 rings (SSSR count). The van der Waals surface area contributed by atoms with Crippen LogP contribution in [0.25, 0.3) is 0 Å². The lowest BCUT2D eigenvalue weighted by atomic mass is 9.78. The highest BCUT2D eigenvalue weighted by Gasteiger charge is 2.73. The van der Waals surface area contributed by atoms with Crippen molar-refractivity contribution in [3.8, 4) is 5.75 Å². The van der Waals surface area contributed by atoms with Crippen molar-refractivity contribution in [2.75, 3.05) is 19.7 Å². The fourth-order valence-electron chi connectivity index (χ4n) is 6.48. The van der Waals surface area contributed by atoms with Crippen LogP contribution in [0, 0.1) is 11.6 Å². The number of amides is 2. The molecule has 5 heterocycles. The number of H-pyrrole nitrogens is 2. The highest BCUT2D eigenvalue weighted by Crippen LogP contribution is 2.46. The lowest BCUT2D eigenvalue weighted by Crippen LogP contribution is -2.78. The summed E-state index contributed by atoms with van der Waals surface area (Å²) < 4.78 is 35.5. The Balaban J connectivity index is 1.29. The van der Waals surface area contributed by atoms with E-state index in [9.17, 15) is 33.8 Å². The number of halogens is 2. The normalized spacial score (nSPS) is 27.2. The van der Waals surface area contributed by atoms with Gasteiger partial charge >= 0.3 is 5.69 Å². The van der Waals surface area contributed by atoms with Gasteiger partial charge in [0.15, 0.2) is 17.6 Å². The summed E-state index contributed by atoms with van der Waals surface area (Å²) in [6, 6.07) is -2.41. The van der Waals surface area contributed by atoms with Gasteiger partial charge in [-0.25, -0.2) is 23.6 Å². The highest BCUT2D eigenvalue weighted by molar-refractivity contribution is 5.98. The fourth-order valence-corrected chi connectivity index (χ4v) is 6.48. The van der Waals surface area contributed by atoms with Crippen molar-refractivity contribution in [2.45, 2.75) is 55.3 Å². The first-order chi connectivity index (χ1) is 21.1. The highest BCUT2D eigenvalue weighted by atomic mass is 19.1. The molecule has 1 fully saturated rings. The number of fused-ring (bicyclic) bond motifs is 1. The molecule has 240 valence electrons. The molecular weight excluding hydrogens is 602 g/mol. The molecule has 0 bridgehead atoms. The van der Waals surface area contributed by atoms with Gasteiger partial charge in [-0.15, -0.1) is 0 Å². The number of ether oxygens (including phenoxy) is 1. The van der Waals surface area contributed by atoms with Gasteiger partial charge < -0.3 is 52.3 Å². The number of rotatable bonds is 5. The van der Waals surface area contributed by atoms with E-state index in [1.54, 1.807) is 13.8 Å². The molecule has 0 radical (unpaired) electrons. The van der Waals surface area contributed by atoms with Crippen LogP contribution < -0.4 is 43.4 Å². The molecule has 4 aliphatic heterocycles. The summed E-state index contributed by atoms with van der Waals surface area (Å²) in [5, 5.41) is 30.9. The molecule has 3 unspecified atom stereocenters. The predicted molar refractivity (Wildman–Crippen MR) is 151 cm³/mol. The number of aromatic nitrogens is 2. The van der Waals surface area contributed by atoms with Crippen LogP contribution in [0.4, 0.5) is 8.78 Å². The number of nitrogens with zero attached hydrogens (tertiary/aromatic N) is 3. The Hall–Kier alpha value is -5.04. The minimum absolute atomic E-state index is 0.0196. The Morgan fingerprint density at radius 1 is 1.13 bits per heavy atom. The zero-order valence-electron chi connectivity index (χ0n) is 23.9. The maximum atomic E-state index is 15.1. The van der Waals surface area contributed by atoms with Crippen LogP contribution in [0.3, 0.4) is 0 Å². The van der Waals surface area contributed by atoms with Gasteiger partial charge in [-0.3, -0.25) is 19.4 Å². The number of carbonyl (C=O) groups excluding carboxylic acids is 2. The number of aromatic amines is 2. The van der Waals surface area contributed by atoms with Crippen molar-refractivity contribution in [2.24, 2.45) is 21.5 Å². The van der Waals surface area contributed by atoms with E-state index in [1.165, 1.54) is 4.90 Å². The van der Waals surface area contributed by atoms with E-state index < -0.39 is 75.3 Å². The Morgan fingerprint density at radius 2 is 1.87 bits per heavy atom. The molecule has 17 nitrogen and oxygen atoms in total. The summed E-state index contributed by atoms with van der Waals surface area (Å²) in [7, 11) is 0. The standard InChI is InChI=1S/C26H30F2N10O7/c1-24(2)3-4-45-17-15(9(27)5-10(28)16(17)24)20(41)34-13-8-38-22(30)32-12(18-25(38,26(13,43)44)37-21(29)36-18)7-31-19(40)11-6-14(39)35-23(42)33-11/h5-6,12-13,18,43-44H,3-4,7-8H2,1-2H3,(H2,30,32)(H,31,40)(H,34,41)(H3,29,36,37)(H2,33,35,39,42)/t12?,13?,18-,25?/m0/s1. The van der Waals surface area contributed by atoms with Crippen LogP contribution >= 0.6 is 0 Å². The number of nitrogens with one attached hydrogen (secondary N) is 5. The van der Waals surface area contributed by atoms with Crippen LogP contribution in [0.1, 0.15) is 46.7 Å². The summed E-state index contributed by atoms with van der Waals surface area (Å²) in [6.07, 6.45) is 0.413. The Kier molecular flexibility index (Phi) is 6.66. The van der Waals surface area contributed by atoms with Crippen molar-refractivity contribution in [1.29, 1.82) is 0 Å². The second-order valence-electron chi connectivity index (χ2n) is 11.9. The Bertz CT molecular complexity index is 1780. The number of nitrogens with two attached hydrogens (primary N) is 2. The fraction of sp³-hybridized carbons (Fsp3) is 0.462.